The van der Waals surface area contributed by atoms with Gasteiger partial charge in [-0.05, 0) is 43.4 Å². The van der Waals surface area contributed by atoms with Gasteiger partial charge in [0.1, 0.15) is 30.7 Å². The molecule has 4 heterocycles. The van der Waals surface area contributed by atoms with Gasteiger partial charge in [0, 0.05) is 12.1 Å². The minimum Gasteiger partial charge on any atom is -0.492 e. The molecule has 0 saturated carbocycles. The molecular weight excluding hydrogens is 508 g/mol. The Hall–Kier alpha value is -3.21. The Morgan fingerprint density at radius 1 is 0.974 bits per heavy atom. The number of H-pyrrole nitrogens is 1. The average Bonchev–Trinajstić information content (AvgIpc) is 3.60. The molecule has 2 aromatic heterocycles. The van der Waals surface area contributed by atoms with Crippen LogP contribution in [0.1, 0.15) is 0 Å². The summed E-state index contributed by atoms with van der Waals surface area (Å²) in [6.45, 7) is 2.08. The molecule has 2 saturated heterocycles. The van der Waals surface area contributed by atoms with Crippen LogP contribution in [-0.4, -0.2) is 89.8 Å². The number of fused-ring (bicyclic) bond motifs is 2. The van der Waals surface area contributed by atoms with Crippen molar-refractivity contribution in [3.63, 3.8) is 0 Å². The molecule has 0 unspecified atom stereocenters. The van der Waals surface area contributed by atoms with Crippen LogP contribution in [0.2, 0.25) is 5.02 Å². The highest BCUT2D eigenvalue weighted by Gasteiger charge is 2.48. The number of aromatic nitrogens is 3. The zero-order valence-electron chi connectivity index (χ0n) is 21.1. The summed E-state index contributed by atoms with van der Waals surface area (Å²) in [5.74, 6) is 0.854. The number of nitrogens with one attached hydrogen (secondary N) is 1. The van der Waals surface area contributed by atoms with Crippen molar-refractivity contribution in [1.82, 2.24) is 19.9 Å². The summed E-state index contributed by atoms with van der Waals surface area (Å²) >= 11 is 6.61. The predicted molar refractivity (Wildman–Crippen MR) is 144 cm³/mol. The van der Waals surface area contributed by atoms with Crippen molar-refractivity contribution in [2.45, 2.75) is 24.4 Å². The van der Waals surface area contributed by atoms with Crippen molar-refractivity contribution in [2.24, 2.45) is 0 Å². The summed E-state index contributed by atoms with van der Waals surface area (Å²) in [5.41, 5.74) is 4.86. The molecule has 38 heavy (non-hydrogen) atoms. The summed E-state index contributed by atoms with van der Waals surface area (Å²) in [5, 5.41) is 10.4. The lowest BCUT2D eigenvalue weighted by Crippen LogP contribution is -2.34. The molecule has 2 fully saturated rings. The normalized spacial score (nSPS) is 22.8. The number of nitrogens with zero attached hydrogens (tertiary/aromatic N) is 3. The van der Waals surface area contributed by atoms with E-state index in [2.05, 4.69) is 27.0 Å². The van der Waals surface area contributed by atoms with Gasteiger partial charge in [-0.2, -0.15) is 4.98 Å². The average molecular weight is 537 g/mol. The Morgan fingerprint density at radius 3 is 2.39 bits per heavy atom. The molecule has 2 aliphatic heterocycles. The fraction of sp³-hybridized carbons (Fsp3) is 0.357. The Labute approximate surface area is 225 Å². The number of hydrogen-bond donors (Lipinski definition) is 2. The van der Waals surface area contributed by atoms with E-state index in [1.54, 1.807) is 6.07 Å². The number of benzene rings is 2. The lowest BCUT2D eigenvalue weighted by molar-refractivity contribution is 0.00706. The van der Waals surface area contributed by atoms with Gasteiger partial charge in [-0.1, -0.05) is 48.0 Å². The first-order valence-electron chi connectivity index (χ1n) is 12.6. The summed E-state index contributed by atoms with van der Waals surface area (Å²) in [4.78, 5) is 14.4. The number of rotatable bonds is 8. The number of ether oxygens (including phenoxy) is 4. The van der Waals surface area contributed by atoms with Crippen LogP contribution >= 0.6 is 11.6 Å². The van der Waals surface area contributed by atoms with Crippen LogP contribution in [0.5, 0.6) is 11.8 Å². The number of aliphatic hydroxyl groups excluding tert-OH is 1. The van der Waals surface area contributed by atoms with E-state index in [0.717, 1.165) is 29.0 Å². The zero-order valence-corrected chi connectivity index (χ0v) is 21.9. The van der Waals surface area contributed by atoms with Gasteiger partial charge in [0.15, 0.2) is 11.8 Å². The Morgan fingerprint density at radius 2 is 1.66 bits per heavy atom. The van der Waals surface area contributed by atoms with Gasteiger partial charge in [-0.3, -0.25) is 0 Å². The highest BCUT2D eigenvalue weighted by atomic mass is 35.5. The molecule has 4 atom stereocenters. The summed E-state index contributed by atoms with van der Waals surface area (Å²) in [7, 11) is 4.05. The molecule has 4 aromatic rings. The topological polar surface area (TPSA) is 102 Å². The molecule has 2 aliphatic rings. The second-order valence-electron chi connectivity index (χ2n) is 9.80. The quantitative estimate of drug-likeness (QED) is 0.351. The largest absolute Gasteiger partial charge is 0.492 e. The van der Waals surface area contributed by atoms with Crippen LogP contribution in [0.3, 0.4) is 0 Å². The van der Waals surface area contributed by atoms with Crippen LogP contribution in [0.4, 0.5) is 0 Å². The molecule has 10 heteroatoms. The van der Waals surface area contributed by atoms with Crippen LogP contribution in [0, 0.1) is 0 Å². The van der Waals surface area contributed by atoms with Gasteiger partial charge in [-0.15, -0.1) is 0 Å². The SMILES string of the molecule is CN(C)CCOc1ccc(-c2ccc(-c3nc4nc(O[C@@H]5CO[C@H]6[C@@H]5OC[C@H]6O)[nH]c4cc3Cl)cc2)cc1. The smallest absolute Gasteiger partial charge is 0.296 e. The van der Waals surface area contributed by atoms with E-state index < -0.39 is 6.10 Å². The number of aliphatic hydroxyl groups is 1. The van der Waals surface area contributed by atoms with Crippen LogP contribution < -0.4 is 9.47 Å². The van der Waals surface area contributed by atoms with E-state index >= 15 is 0 Å². The van der Waals surface area contributed by atoms with Crippen molar-refractivity contribution in [2.75, 3.05) is 40.5 Å². The first-order valence-corrected chi connectivity index (χ1v) is 12.9. The number of halogens is 1. The number of hydrogen-bond acceptors (Lipinski definition) is 8. The van der Waals surface area contributed by atoms with E-state index in [9.17, 15) is 5.11 Å². The van der Waals surface area contributed by atoms with Gasteiger partial charge in [0.05, 0.1) is 29.4 Å². The molecule has 2 aromatic carbocycles. The second-order valence-corrected chi connectivity index (χ2v) is 10.2. The van der Waals surface area contributed by atoms with Gasteiger partial charge < -0.3 is 33.9 Å². The number of aromatic amines is 1. The maximum Gasteiger partial charge on any atom is 0.296 e. The molecule has 0 radical (unpaired) electrons. The Balaban J connectivity index is 1.16. The van der Waals surface area contributed by atoms with Gasteiger partial charge in [-0.25, -0.2) is 4.98 Å². The monoisotopic (exact) mass is 536 g/mol. The number of pyridine rings is 1. The first-order chi connectivity index (χ1) is 18.4. The third-order valence-electron chi connectivity index (χ3n) is 6.80. The lowest BCUT2D eigenvalue weighted by atomic mass is 10.0. The van der Waals surface area contributed by atoms with Crippen LogP contribution in [-0.2, 0) is 9.47 Å². The fourth-order valence-electron chi connectivity index (χ4n) is 4.75. The standard InChI is InChI=1S/C28H29ClN4O5/c1-33(2)11-12-35-19-9-7-17(8-10-19)16-3-5-18(6-4-16)24-20(29)13-21-27(31-24)32-28(30-21)38-23-15-37-25-22(34)14-36-26(23)25/h3-10,13,22-23,25-26,34H,11-12,14-15H2,1-2H3,(H,30,31,32)/t22-,23-,25-,26-/m1/s1. The van der Waals surface area contributed by atoms with Crippen LogP contribution in [0.15, 0.2) is 54.6 Å². The third kappa shape index (κ3) is 5.08. The van der Waals surface area contributed by atoms with E-state index in [-0.39, 0.29) is 24.9 Å². The molecule has 2 N–H and O–H groups in total. The van der Waals surface area contributed by atoms with Gasteiger partial charge >= 0.3 is 0 Å². The van der Waals surface area contributed by atoms with Crippen molar-refractivity contribution in [3.8, 4) is 34.1 Å². The molecular formula is C28H29ClN4O5. The molecule has 6 rings (SSSR count). The van der Waals surface area contributed by atoms with Crippen molar-refractivity contribution < 1.29 is 24.1 Å². The summed E-state index contributed by atoms with van der Waals surface area (Å²) < 4.78 is 23.0. The third-order valence-corrected chi connectivity index (χ3v) is 7.09. The predicted octanol–water partition coefficient (Wildman–Crippen LogP) is 3.79. The van der Waals surface area contributed by atoms with Crippen molar-refractivity contribution >= 4 is 22.8 Å². The van der Waals surface area contributed by atoms with Crippen molar-refractivity contribution in [1.29, 1.82) is 0 Å². The Bertz CT molecular complexity index is 1410. The zero-order chi connectivity index (χ0) is 26.2. The summed E-state index contributed by atoms with van der Waals surface area (Å²) in [6, 6.07) is 18.3. The van der Waals surface area contributed by atoms with E-state index in [0.29, 0.717) is 41.1 Å². The maximum atomic E-state index is 9.94. The van der Waals surface area contributed by atoms with E-state index in [1.807, 2.05) is 50.5 Å². The lowest BCUT2D eigenvalue weighted by Gasteiger charge is -2.15. The minimum atomic E-state index is -0.634. The number of imidazole rings is 1. The molecule has 9 nitrogen and oxygen atoms in total. The molecule has 0 bridgehead atoms. The minimum absolute atomic E-state index is 0.241. The van der Waals surface area contributed by atoms with Gasteiger partial charge in [0.2, 0.25) is 0 Å². The molecule has 0 spiro atoms. The highest BCUT2D eigenvalue weighted by Crippen LogP contribution is 2.33. The molecule has 0 amide bonds. The molecule has 198 valence electrons. The second kappa shape index (κ2) is 10.5. The first kappa shape index (κ1) is 25.1. The highest BCUT2D eigenvalue weighted by molar-refractivity contribution is 6.33. The van der Waals surface area contributed by atoms with Gasteiger partial charge in [0.25, 0.3) is 6.01 Å². The van der Waals surface area contributed by atoms with Crippen LogP contribution in [0.25, 0.3) is 33.5 Å². The Kier molecular flexibility index (Phi) is 6.94. The fourth-order valence-corrected chi connectivity index (χ4v) is 5.01. The number of likely N-dealkylation sites (N-methyl/N-ethyl adjacent to an activating group) is 1. The molecule has 0 aliphatic carbocycles. The van der Waals surface area contributed by atoms with E-state index in [1.165, 1.54) is 0 Å². The van der Waals surface area contributed by atoms with E-state index in [4.69, 9.17) is 35.5 Å². The maximum absolute atomic E-state index is 9.94. The summed E-state index contributed by atoms with van der Waals surface area (Å²) in [6.07, 6.45) is -1.69. The van der Waals surface area contributed by atoms with Crippen molar-refractivity contribution in [3.05, 3.63) is 59.6 Å².